The Morgan fingerprint density at radius 2 is 1.77 bits per heavy atom. The van der Waals surface area contributed by atoms with E-state index in [2.05, 4.69) is 5.32 Å². The van der Waals surface area contributed by atoms with Crippen LogP contribution in [0.25, 0.3) is 0 Å². The molecule has 0 spiro atoms. The summed E-state index contributed by atoms with van der Waals surface area (Å²) in [5, 5.41) is 2.90. The van der Waals surface area contributed by atoms with Crippen molar-refractivity contribution in [3.8, 4) is 5.75 Å². The summed E-state index contributed by atoms with van der Waals surface area (Å²) in [7, 11) is -3.38. The molecule has 3 rings (SSSR count). The van der Waals surface area contributed by atoms with Crippen molar-refractivity contribution in [1.82, 2.24) is 9.62 Å². The predicted molar refractivity (Wildman–Crippen MR) is 118 cm³/mol. The fraction of sp³-hybridized carbons (Fsp3) is 0.435. The van der Waals surface area contributed by atoms with Crippen LogP contribution in [-0.4, -0.2) is 44.9 Å². The van der Waals surface area contributed by atoms with E-state index in [1.54, 1.807) is 0 Å². The van der Waals surface area contributed by atoms with Gasteiger partial charge in [-0.2, -0.15) is 0 Å². The van der Waals surface area contributed by atoms with E-state index in [0.717, 1.165) is 16.9 Å². The van der Waals surface area contributed by atoms with Crippen LogP contribution < -0.4 is 10.1 Å². The van der Waals surface area contributed by atoms with E-state index < -0.39 is 10.0 Å². The largest absolute Gasteiger partial charge is 0.492 e. The third-order valence-corrected chi connectivity index (χ3v) is 7.19. The molecule has 0 bridgehead atoms. The molecule has 1 aliphatic rings. The van der Waals surface area contributed by atoms with Crippen LogP contribution in [0.2, 0.25) is 0 Å². The molecule has 2 aromatic carbocycles. The maximum Gasteiger partial charge on any atom is 0.223 e. The van der Waals surface area contributed by atoms with Crippen LogP contribution in [0.5, 0.6) is 5.75 Å². The lowest BCUT2D eigenvalue weighted by atomic mass is 9.97. The van der Waals surface area contributed by atoms with Crippen molar-refractivity contribution in [2.75, 3.05) is 26.2 Å². The first-order chi connectivity index (χ1) is 14.3. The maximum absolute atomic E-state index is 12.7. The second kappa shape index (κ2) is 10.1. The average Bonchev–Trinajstić information content (AvgIpc) is 2.72. The number of hydrogen-bond acceptors (Lipinski definition) is 4. The zero-order chi connectivity index (χ0) is 21.6. The van der Waals surface area contributed by atoms with Crippen molar-refractivity contribution in [3.05, 3.63) is 65.2 Å². The van der Waals surface area contributed by atoms with Crippen molar-refractivity contribution in [2.45, 2.75) is 32.4 Å². The number of nitrogens with one attached hydrogen (secondary N) is 1. The monoisotopic (exact) mass is 430 g/mol. The number of ether oxygens (including phenoxy) is 1. The number of rotatable bonds is 8. The van der Waals surface area contributed by atoms with Crippen molar-refractivity contribution in [3.63, 3.8) is 0 Å². The van der Waals surface area contributed by atoms with Crippen LogP contribution in [0.4, 0.5) is 0 Å². The van der Waals surface area contributed by atoms with E-state index in [-0.39, 0.29) is 17.6 Å². The zero-order valence-corrected chi connectivity index (χ0v) is 18.5. The molecule has 0 aromatic heterocycles. The van der Waals surface area contributed by atoms with E-state index in [1.165, 1.54) is 9.87 Å². The summed E-state index contributed by atoms with van der Waals surface area (Å²) in [6.07, 6.45) is 1.08. The first kappa shape index (κ1) is 22.3. The molecule has 0 saturated carbocycles. The van der Waals surface area contributed by atoms with Crippen LogP contribution in [0.3, 0.4) is 0 Å². The molecule has 0 radical (unpaired) electrons. The van der Waals surface area contributed by atoms with Gasteiger partial charge in [0.15, 0.2) is 0 Å². The quantitative estimate of drug-likeness (QED) is 0.653. The van der Waals surface area contributed by atoms with Crippen LogP contribution in [0.1, 0.15) is 29.5 Å². The van der Waals surface area contributed by atoms with Crippen molar-refractivity contribution < 1.29 is 17.9 Å². The molecule has 1 N–H and O–H groups in total. The molecule has 1 saturated heterocycles. The van der Waals surface area contributed by atoms with Gasteiger partial charge in [0.05, 0.1) is 12.3 Å². The van der Waals surface area contributed by atoms with Gasteiger partial charge in [0, 0.05) is 19.0 Å². The van der Waals surface area contributed by atoms with E-state index >= 15 is 0 Å². The van der Waals surface area contributed by atoms with Crippen molar-refractivity contribution >= 4 is 15.9 Å². The molecule has 0 aliphatic carbocycles. The maximum atomic E-state index is 12.7. The molecule has 2 aromatic rings. The highest BCUT2D eigenvalue weighted by molar-refractivity contribution is 7.88. The van der Waals surface area contributed by atoms with E-state index in [9.17, 15) is 13.2 Å². The second-order valence-corrected chi connectivity index (χ2v) is 9.84. The molecule has 1 aliphatic heterocycles. The number of piperidine rings is 1. The number of hydrogen-bond donors (Lipinski definition) is 1. The summed E-state index contributed by atoms with van der Waals surface area (Å²) < 4.78 is 32.6. The Labute approximate surface area is 179 Å². The minimum absolute atomic E-state index is 0.00188. The zero-order valence-electron chi connectivity index (χ0n) is 17.6. The second-order valence-electron chi connectivity index (χ2n) is 7.87. The predicted octanol–water partition coefficient (Wildman–Crippen LogP) is 3.04. The van der Waals surface area contributed by atoms with Crippen LogP contribution in [0.15, 0.2) is 48.5 Å². The Kier molecular flexibility index (Phi) is 7.50. The third-order valence-electron chi connectivity index (χ3n) is 5.34. The fourth-order valence-electron chi connectivity index (χ4n) is 3.62. The van der Waals surface area contributed by atoms with E-state index in [4.69, 9.17) is 4.74 Å². The van der Waals surface area contributed by atoms with Crippen LogP contribution in [0, 0.1) is 19.8 Å². The lowest BCUT2D eigenvalue weighted by molar-refractivity contribution is -0.126. The summed E-state index contributed by atoms with van der Waals surface area (Å²) >= 11 is 0. The number of carbonyl (C=O) groups excluding carboxylic acids is 1. The van der Waals surface area contributed by atoms with Gasteiger partial charge in [0.25, 0.3) is 0 Å². The number of sulfonamides is 1. The Morgan fingerprint density at radius 3 is 2.43 bits per heavy atom. The summed E-state index contributed by atoms with van der Waals surface area (Å²) in [6.45, 7) is 5.56. The number of nitrogens with zero attached hydrogens (tertiary/aromatic N) is 1. The molecule has 7 heteroatoms. The Bertz CT molecular complexity index is 949. The smallest absolute Gasteiger partial charge is 0.223 e. The van der Waals surface area contributed by atoms with Gasteiger partial charge in [-0.1, -0.05) is 47.5 Å². The fourth-order valence-corrected chi connectivity index (χ4v) is 5.17. The van der Waals surface area contributed by atoms with Crippen LogP contribution in [-0.2, 0) is 20.6 Å². The van der Waals surface area contributed by atoms with Crippen molar-refractivity contribution in [2.24, 2.45) is 5.92 Å². The first-order valence-corrected chi connectivity index (χ1v) is 11.9. The van der Waals surface area contributed by atoms with Gasteiger partial charge in [-0.15, -0.1) is 0 Å². The molecule has 0 unspecified atom stereocenters. The van der Waals surface area contributed by atoms with E-state index in [1.807, 2.05) is 62.4 Å². The molecular formula is C23H30N2O4S. The van der Waals surface area contributed by atoms with Crippen LogP contribution >= 0.6 is 0 Å². The summed E-state index contributed by atoms with van der Waals surface area (Å²) in [4.78, 5) is 12.4. The lowest BCUT2D eigenvalue weighted by Crippen LogP contribution is -2.43. The molecule has 1 fully saturated rings. The highest BCUT2D eigenvalue weighted by Gasteiger charge is 2.31. The van der Waals surface area contributed by atoms with Gasteiger partial charge in [-0.25, -0.2) is 12.7 Å². The van der Waals surface area contributed by atoms with Gasteiger partial charge in [0.2, 0.25) is 15.9 Å². The first-order valence-electron chi connectivity index (χ1n) is 10.3. The molecule has 6 nitrogen and oxygen atoms in total. The van der Waals surface area contributed by atoms with E-state index in [0.29, 0.717) is 39.1 Å². The number of amides is 1. The summed E-state index contributed by atoms with van der Waals surface area (Å²) in [5.41, 5.74) is 3.01. The minimum atomic E-state index is -3.38. The molecule has 1 heterocycles. The topological polar surface area (TPSA) is 75.7 Å². The molecule has 30 heavy (non-hydrogen) atoms. The Hall–Kier alpha value is -2.38. The number of benzene rings is 2. The number of aryl methyl sites for hydroxylation is 2. The Morgan fingerprint density at radius 1 is 1.07 bits per heavy atom. The molecule has 1 amide bonds. The number of carbonyl (C=O) groups is 1. The normalized spacial score (nSPS) is 15.7. The highest BCUT2D eigenvalue weighted by Crippen LogP contribution is 2.22. The molecule has 162 valence electrons. The molecular weight excluding hydrogens is 400 g/mol. The summed E-state index contributed by atoms with van der Waals surface area (Å²) in [5.74, 6) is 0.594. The summed E-state index contributed by atoms with van der Waals surface area (Å²) in [6, 6.07) is 15.3. The van der Waals surface area contributed by atoms with Gasteiger partial charge < -0.3 is 10.1 Å². The average molecular weight is 431 g/mol. The van der Waals surface area contributed by atoms with Gasteiger partial charge >= 0.3 is 0 Å². The minimum Gasteiger partial charge on any atom is -0.492 e. The van der Waals surface area contributed by atoms with Gasteiger partial charge in [-0.3, -0.25) is 4.79 Å². The molecule has 0 atom stereocenters. The van der Waals surface area contributed by atoms with Gasteiger partial charge in [0.1, 0.15) is 12.4 Å². The Balaban J connectivity index is 1.40. The third kappa shape index (κ3) is 6.31. The van der Waals surface area contributed by atoms with Gasteiger partial charge in [-0.05, 0) is 44.4 Å². The SMILES string of the molecule is Cc1ccc(OCCNC(=O)C2CCN(S(=O)(=O)Cc3cccc(C)c3)CC2)cc1. The van der Waals surface area contributed by atoms with Crippen molar-refractivity contribution in [1.29, 1.82) is 0 Å². The highest BCUT2D eigenvalue weighted by atomic mass is 32.2. The lowest BCUT2D eigenvalue weighted by Gasteiger charge is -2.30. The standard InChI is InChI=1S/C23H30N2O4S/c1-18-6-8-22(9-7-18)29-15-12-24-23(26)21-10-13-25(14-11-21)30(27,28)17-20-5-3-4-19(2)16-20/h3-9,16,21H,10-15,17H2,1-2H3,(H,24,26).